The van der Waals surface area contributed by atoms with Crippen molar-refractivity contribution < 1.29 is 19.7 Å². The summed E-state index contributed by atoms with van der Waals surface area (Å²) in [5, 5.41) is 22.6. The topological polar surface area (TPSA) is 82.0 Å². The Hall–Kier alpha value is -1.50. The highest BCUT2D eigenvalue weighted by Crippen LogP contribution is 2.34. The van der Waals surface area contributed by atoms with Gasteiger partial charge in [0.2, 0.25) is 0 Å². The third-order valence-electron chi connectivity index (χ3n) is 4.46. The number of hydrogen-bond donors (Lipinski definition) is 3. The Balaban J connectivity index is 1.70. The summed E-state index contributed by atoms with van der Waals surface area (Å²) in [4.78, 5) is 13.2. The lowest BCUT2D eigenvalue weighted by molar-refractivity contribution is 0.101. The number of likely N-dealkylation sites (tertiary alicyclic amines) is 1. The third kappa shape index (κ3) is 4.53. The van der Waals surface area contributed by atoms with E-state index >= 15 is 0 Å². The number of hydrogen-bond acceptors (Lipinski definition) is 4. The van der Waals surface area contributed by atoms with E-state index in [2.05, 4.69) is 10.2 Å². The normalized spacial score (nSPS) is 20.6. The molecule has 1 heterocycles. The van der Waals surface area contributed by atoms with Crippen molar-refractivity contribution in [3.05, 3.63) is 28.8 Å². The minimum Gasteiger partial charge on any atom is -0.489 e. The highest BCUT2D eigenvalue weighted by molar-refractivity contribution is 6.32. The number of benzene rings is 1. The molecular weight excluding hydrogens is 332 g/mol. The summed E-state index contributed by atoms with van der Waals surface area (Å²) in [5.41, 5.74) is 0.584. The Labute approximate surface area is 146 Å². The molecule has 1 aliphatic heterocycles. The highest BCUT2D eigenvalue weighted by atomic mass is 35.5. The lowest BCUT2D eigenvalue weighted by Crippen LogP contribution is -2.46. The fourth-order valence-corrected chi connectivity index (χ4v) is 3.25. The van der Waals surface area contributed by atoms with Crippen LogP contribution >= 0.6 is 11.6 Å². The average molecular weight is 355 g/mol. The van der Waals surface area contributed by atoms with Gasteiger partial charge in [-0.1, -0.05) is 17.7 Å². The standard InChI is InChI=1S/C17H23ClN2O4/c18-13-9-11(3-6-15(13)24-12-4-5-12)16(21)14(19-17(22)23)10-20-7-1-2-8-20/h3,6,9,12,14,16,19,21H,1-2,4-5,7-8,10H2,(H,22,23)/t14-,16-/m1/s1. The number of rotatable bonds is 7. The fraction of sp³-hybridized carbons (Fsp3) is 0.588. The van der Waals surface area contributed by atoms with Crippen LogP contribution in [0.3, 0.4) is 0 Å². The Morgan fingerprint density at radius 3 is 2.67 bits per heavy atom. The Bertz CT molecular complexity index is 588. The molecule has 2 aliphatic rings. The zero-order valence-corrected chi connectivity index (χ0v) is 14.2. The van der Waals surface area contributed by atoms with Gasteiger partial charge in [-0.3, -0.25) is 0 Å². The molecule has 1 aliphatic carbocycles. The molecule has 3 N–H and O–H groups in total. The number of aliphatic hydroxyl groups excluding tert-OH is 1. The van der Waals surface area contributed by atoms with Gasteiger partial charge < -0.3 is 25.2 Å². The van der Waals surface area contributed by atoms with E-state index in [0.29, 0.717) is 22.9 Å². The number of aliphatic hydroxyl groups is 1. The van der Waals surface area contributed by atoms with Crippen molar-refractivity contribution >= 4 is 17.7 Å². The average Bonchev–Trinajstić information content (AvgIpc) is 3.21. The molecule has 0 spiro atoms. The van der Waals surface area contributed by atoms with Crippen LogP contribution in [0.15, 0.2) is 18.2 Å². The quantitative estimate of drug-likeness (QED) is 0.701. The van der Waals surface area contributed by atoms with E-state index in [0.717, 1.165) is 38.8 Å². The van der Waals surface area contributed by atoms with E-state index in [9.17, 15) is 9.90 Å². The molecule has 2 atom stereocenters. The number of halogens is 1. The maximum Gasteiger partial charge on any atom is 0.405 e. The molecule has 24 heavy (non-hydrogen) atoms. The van der Waals surface area contributed by atoms with Gasteiger partial charge in [0.05, 0.1) is 17.2 Å². The summed E-state index contributed by atoms with van der Waals surface area (Å²) >= 11 is 6.24. The third-order valence-corrected chi connectivity index (χ3v) is 4.75. The number of ether oxygens (including phenoxy) is 1. The highest BCUT2D eigenvalue weighted by Gasteiger charge is 2.28. The van der Waals surface area contributed by atoms with Crippen LogP contribution in [0.5, 0.6) is 5.75 Å². The minimum atomic E-state index is -1.14. The van der Waals surface area contributed by atoms with E-state index < -0.39 is 18.2 Å². The van der Waals surface area contributed by atoms with E-state index in [-0.39, 0.29) is 6.10 Å². The van der Waals surface area contributed by atoms with Crippen LogP contribution in [0.2, 0.25) is 5.02 Å². The van der Waals surface area contributed by atoms with Crippen LogP contribution in [-0.4, -0.2) is 53.0 Å². The number of carbonyl (C=O) groups is 1. The second-order valence-electron chi connectivity index (χ2n) is 6.52. The first-order chi connectivity index (χ1) is 11.5. The van der Waals surface area contributed by atoms with E-state index in [1.807, 2.05) is 0 Å². The monoisotopic (exact) mass is 354 g/mol. The maximum atomic E-state index is 11.1. The lowest BCUT2D eigenvalue weighted by Gasteiger charge is -2.28. The van der Waals surface area contributed by atoms with Crippen molar-refractivity contribution in [3.63, 3.8) is 0 Å². The van der Waals surface area contributed by atoms with E-state index in [1.165, 1.54) is 0 Å². The zero-order valence-electron chi connectivity index (χ0n) is 13.4. The number of nitrogens with zero attached hydrogens (tertiary/aromatic N) is 1. The van der Waals surface area contributed by atoms with E-state index in [1.54, 1.807) is 18.2 Å². The summed E-state index contributed by atoms with van der Waals surface area (Å²) in [6.07, 6.45) is 2.44. The molecule has 0 bridgehead atoms. The Morgan fingerprint density at radius 2 is 2.08 bits per heavy atom. The molecule has 1 aromatic rings. The summed E-state index contributed by atoms with van der Waals surface area (Å²) < 4.78 is 5.69. The van der Waals surface area contributed by atoms with Crippen molar-refractivity contribution in [1.82, 2.24) is 10.2 Å². The molecule has 1 saturated heterocycles. The van der Waals surface area contributed by atoms with Crippen LogP contribution in [-0.2, 0) is 0 Å². The number of nitrogens with one attached hydrogen (secondary N) is 1. The van der Waals surface area contributed by atoms with Crippen LogP contribution < -0.4 is 10.1 Å². The molecule has 1 saturated carbocycles. The van der Waals surface area contributed by atoms with E-state index in [4.69, 9.17) is 21.4 Å². The summed E-state index contributed by atoms with van der Waals surface area (Å²) in [6, 6.07) is 4.54. The smallest absolute Gasteiger partial charge is 0.405 e. The molecule has 3 rings (SSSR count). The van der Waals surface area contributed by atoms with Crippen molar-refractivity contribution in [2.24, 2.45) is 0 Å². The van der Waals surface area contributed by atoms with Gasteiger partial charge >= 0.3 is 6.09 Å². The molecular formula is C17H23ClN2O4. The summed E-state index contributed by atoms with van der Waals surface area (Å²) in [7, 11) is 0. The first kappa shape index (κ1) is 17.3. The zero-order chi connectivity index (χ0) is 17.1. The minimum absolute atomic E-state index is 0.245. The molecule has 1 amide bonds. The van der Waals surface area contributed by atoms with Gasteiger partial charge in [0, 0.05) is 6.54 Å². The van der Waals surface area contributed by atoms with Gasteiger partial charge in [0.1, 0.15) is 11.9 Å². The second kappa shape index (κ2) is 7.59. The molecule has 0 radical (unpaired) electrons. The first-order valence-electron chi connectivity index (χ1n) is 8.39. The van der Waals surface area contributed by atoms with Crippen molar-refractivity contribution in [1.29, 1.82) is 0 Å². The van der Waals surface area contributed by atoms with Gasteiger partial charge in [-0.15, -0.1) is 0 Å². The van der Waals surface area contributed by atoms with Gasteiger partial charge in [0.15, 0.2) is 0 Å². The van der Waals surface area contributed by atoms with Gasteiger partial charge in [-0.05, 0) is 56.5 Å². The predicted molar refractivity (Wildman–Crippen MR) is 90.7 cm³/mol. The van der Waals surface area contributed by atoms with Crippen LogP contribution in [0.25, 0.3) is 0 Å². The molecule has 0 aromatic heterocycles. The molecule has 0 unspecified atom stereocenters. The summed E-state index contributed by atoms with van der Waals surface area (Å²) in [6.45, 7) is 2.34. The fourth-order valence-electron chi connectivity index (χ4n) is 3.02. The van der Waals surface area contributed by atoms with Crippen LogP contribution in [0.4, 0.5) is 4.79 Å². The SMILES string of the molecule is O=C(O)N[C@H](CN1CCCC1)[C@H](O)c1ccc(OC2CC2)c(Cl)c1. The first-order valence-corrected chi connectivity index (χ1v) is 8.76. The molecule has 1 aromatic carbocycles. The van der Waals surface area contributed by atoms with Gasteiger partial charge in [-0.25, -0.2) is 4.79 Å². The van der Waals surface area contributed by atoms with Crippen molar-refractivity contribution in [3.8, 4) is 5.75 Å². The molecule has 132 valence electrons. The van der Waals surface area contributed by atoms with Crippen LogP contribution in [0.1, 0.15) is 37.4 Å². The molecule has 7 heteroatoms. The Kier molecular flexibility index (Phi) is 5.48. The lowest BCUT2D eigenvalue weighted by atomic mass is 10.0. The van der Waals surface area contributed by atoms with Crippen molar-refractivity contribution in [2.75, 3.05) is 19.6 Å². The number of carboxylic acid groups (broad SMARTS) is 1. The van der Waals surface area contributed by atoms with Gasteiger partial charge in [0.25, 0.3) is 0 Å². The van der Waals surface area contributed by atoms with Gasteiger partial charge in [-0.2, -0.15) is 0 Å². The predicted octanol–water partition coefficient (Wildman–Crippen LogP) is 2.65. The maximum absolute atomic E-state index is 11.1. The molecule has 2 fully saturated rings. The molecule has 6 nitrogen and oxygen atoms in total. The Morgan fingerprint density at radius 1 is 1.38 bits per heavy atom. The van der Waals surface area contributed by atoms with Crippen LogP contribution in [0, 0.1) is 0 Å². The van der Waals surface area contributed by atoms with Crippen molar-refractivity contribution in [2.45, 2.75) is 43.9 Å². The largest absolute Gasteiger partial charge is 0.489 e. The summed E-state index contributed by atoms with van der Waals surface area (Å²) in [5.74, 6) is 0.609. The second-order valence-corrected chi connectivity index (χ2v) is 6.92. The number of amides is 1.